The van der Waals surface area contributed by atoms with Crippen molar-refractivity contribution < 1.29 is 9.47 Å². The third kappa shape index (κ3) is 3.21. The first kappa shape index (κ1) is 13.3. The van der Waals surface area contributed by atoms with Crippen LogP contribution in [0, 0.1) is 5.92 Å². The molecule has 0 aromatic carbocycles. The first-order valence-corrected chi connectivity index (χ1v) is 6.59. The quantitative estimate of drug-likeness (QED) is 0.869. The lowest BCUT2D eigenvalue weighted by atomic mass is 9.90. The van der Waals surface area contributed by atoms with Crippen LogP contribution in [-0.2, 0) is 4.74 Å². The summed E-state index contributed by atoms with van der Waals surface area (Å²) in [5.41, 5.74) is 1.15. The molecule has 0 aliphatic carbocycles. The minimum atomic E-state index is 0.303. The molecule has 0 bridgehead atoms. The number of hydrogen-bond acceptors (Lipinski definition) is 4. The van der Waals surface area contributed by atoms with E-state index < -0.39 is 0 Å². The van der Waals surface area contributed by atoms with E-state index >= 15 is 0 Å². The molecule has 1 atom stereocenters. The molecule has 1 aromatic heterocycles. The summed E-state index contributed by atoms with van der Waals surface area (Å²) >= 11 is 0. The summed E-state index contributed by atoms with van der Waals surface area (Å²) in [5.74, 6) is 1.45. The predicted octanol–water partition coefficient (Wildman–Crippen LogP) is 2.17. The Hall–Kier alpha value is -1.13. The van der Waals surface area contributed by atoms with Gasteiger partial charge in [-0.3, -0.25) is 0 Å². The molecule has 0 radical (unpaired) electrons. The Bertz CT molecular complexity index is 365. The van der Waals surface area contributed by atoms with Gasteiger partial charge in [0, 0.05) is 31.0 Å². The highest BCUT2D eigenvalue weighted by Crippen LogP contribution is 2.30. The number of hydrogen-bond donors (Lipinski definition) is 1. The van der Waals surface area contributed by atoms with E-state index in [9.17, 15) is 0 Å². The van der Waals surface area contributed by atoms with Gasteiger partial charge in [0.2, 0.25) is 5.88 Å². The Labute approximate surface area is 109 Å². The maximum absolute atomic E-state index is 5.41. The van der Waals surface area contributed by atoms with Crippen molar-refractivity contribution in [1.82, 2.24) is 10.3 Å². The zero-order chi connectivity index (χ0) is 12.8. The third-order valence-electron chi connectivity index (χ3n) is 3.63. The van der Waals surface area contributed by atoms with Gasteiger partial charge in [-0.2, -0.15) is 0 Å². The van der Waals surface area contributed by atoms with Gasteiger partial charge in [-0.25, -0.2) is 4.98 Å². The van der Waals surface area contributed by atoms with Crippen molar-refractivity contribution in [3.63, 3.8) is 0 Å². The summed E-state index contributed by atoms with van der Waals surface area (Å²) in [6.45, 7) is 1.79. The molecule has 1 unspecified atom stereocenters. The van der Waals surface area contributed by atoms with E-state index in [1.807, 2.05) is 13.1 Å². The van der Waals surface area contributed by atoms with Crippen molar-refractivity contribution in [2.24, 2.45) is 5.92 Å². The monoisotopic (exact) mass is 250 g/mol. The summed E-state index contributed by atoms with van der Waals surface area (Å²) in [5, 5.41) is 3.38. The Morgan fingerprint density at radius 3 is 2.94 bits per heavy atom. The van der Waals surface area contributed by atoms with Crippen molar-refractivity contribution in [3.05, 3.63) is 23.9 Å². The van der Waals surface area contributed by atoms with Crippen LogP contribution in [-0.4, -0.2) is 32.4 Å². The Kier molecular flexibility index (Phi) is 4.96. The molecule has 1 saturated heterocycles. The molecule has 4 heteroatoms. The standard InChI is InChI=1S/C14H22N2O2/c1-15-13(10-11-5-8-18-9-6-11)12-4-3-7-16-14(12)17-2/h3-4,7,11,13,15H,5-6,8-10H2,1-2H3. The molecule has 18 heavy (non-hydrogen) atoms. The second-order valence-corrected chi connectivity index (χ2v) is 4.73. The summed E-state index contributed by atoms with van der Waals surface area (Å²) in [4.78, 5) is 4.27. The van der Waals surface area contributed by atoms with Crippen molar-refractivity contribution in [1.29, 1.82) is 0 Å². The van der Waals surface area contributed by atoms with E-state index in [0.717, 1.165) is 49.8 Å². The molecule has 0 amide bonds. The van der Waals surface area contributed by atoms with Crippen molar-refractivity contribution in [3.8, 4) is 5.88 Å². The molecular weight excluding hydrogens is 228 g/mol. The molecule has 2 rings (SSSR count). The number of rotatable bonds is 5. The van der Waals surface area contributed by atoms with Crippen LogP contribution in [0.5, 0.6) is 5.88 Å². The number of ether oxygens (including phenoxy) is 2. The first-order valence-electron chi connectivity index (χ1n) is 6.59. The lowest BCUT2D eigenvalue weighted by molar-refractivity contribution is 0.0607. The molecule has 1 N–H and O–H groups in total. The third-order valence-corrected chi connectivity index (χ3v) is 3.63. The maximum Gasteiger partial charge on any atom is 0.217 e. The molecule has 2 heterocycles. The molecule has 4 nitrogen and oxygen atoms in total. The molecule has 0 saturated carbocycles. The van der Waals surface area contributed by atoms with Crippen LogP contribution in [0.3, 0.4) is 0 Å². The highest BCUT2D eigenvalue weighted by atomic mass is 16.5. The van der Waals surface area contributed by atoms with Crippen LogP contribution in [0.1, 0.15) is 30.9 Å². The van der Waals surface area contributed by atoms with Crippen molar-refractivity contribution in [2.75, 3.05) is 27.4 Å². The zero-order valence-corrected chi connectivity index (χ0v) is 11.2. The summed E-state index contributed by atoms with van der Waals surface area (Å²) in [7, 11) is 3.67. The summed E-state index contributed by atoms with van der Waals surface area (Å²) in [6.07, 6.45) is 5.19. The van der Waals surface area contributed by atoms with Gasteiger partial charge in [0.25, 0.3) is 0 Å². The van der Waals surface area contributed by atoms with E-state index in [-0.39, 0.29) is 0 Å². The van der Waals surface area contributed by atoms with E-state index in [2.05, 4.69) is 16.4 Å². The average Bonchev–Trinajstić information content (AvgIpc) is 2.46. The SMILES string of the molecule is CNC(CC1CCOCC1)c1cccnc1OC. The molecular formula is C14H22N2O2. The highest BCUT2D eigenvalue weighted by Gasteiger charge is 2.21. The minimum absolute atomic E-state index is 0.303. The van der Waals surface area contributed by atoms with Crippen LogP contribution in [0.2, 0.25) is 0 Å². The molecule has 1 aromatic rings. The maximum atomic E-state index is 5.41. The number of methoxy groups -OCH3 is 1. The van der Waals surface area contributed by atoms with E-state index in [0.29, 0.717) is 6.04 Å². The lowest BCUT2D eigenvalue weighted by Gasteiger charge is -2.27. The van der Waals surface area contributed by atoms with Gasteiger partial charge in [0.15, 0.2) is 0 Å². The summed E-state index contributed by atoms with van der Waals surface area (Å²) < 4.78 is 10.7. The molecule has 100 valence electrons. The van der Waals surface area contributed by atoms with E-state index in [1.165, 1.54) is 0 Å². The molecule has 0 spiro atoms. The topological polar surface area (TPSA) is 43.4 Å². The second kappa shape index (κ2) is 6.71. The van der Waals surface area contributed by atoms with Gasteiger partial charge in [-0.05, 0) is 38.3 Å². The molecule has 1 aliphatic rings. The van der Waals surface area contributed by atoms with Crippen molar-refractivity contribution in [2.45, 2.75) is 25.3 Å². The second-order valence-electron chi connectivity index (χ2n) is 4.73. The van der Waals surface area contributed by atoms with Gasteiger partial charge in [0.05, 0.1) is 7.11 Å². The largest absolute Gasteiger partial charge is 0.481 e. The molecule has 1 aliphatic heterocycles. The number of nitrogens with zero attached hydrogens (tertiary/aromatic N) is 1. The first-order chi connectivity index (χ1) is 8.85. The number of aromatic nitrogens is 1. The van der Waals surface area contributed by atoms with Gasteiger partial charge in [0.1, 0.15) is 0 Å². The minimum Gasteiger partial charge on any atom is -0.481 e. The summed E-state index contributed by atoms with van der Waals surface area (Å²) in [6, 6.07) is 4.36. The van der Waals surface area contributed by atoms with E-state index in [1.54, 1.807) is 13.3 Å². The average molecular weight is 250 g/mol. The number of pyridine rings is 1. The molecule has 1 fully saturated rings. The van der Waals surface area contributed by atoms with Crippen LogP contribution in [0.4, 0.5) is 0 Å². The highest BCUT2D eigenvalue weighted by molar-refractivity contribution is 5.28. The van der Waals surface area contributed by atoms with Crippen LogP contribution >= 0.6 is 0 Å². The lowest BCUT2D eigenvalue weighted by Crippen LogP contribution is -2.24. The fourth-order valence-electron chi connectivity index (χ4n) is 2.55. The van der Waals surface area contributed by atoms with E-state index in [4.69, 9.17) is 9.47 Å². The smallest absolute Gasteiger partial charge is 0.217 e. The number of nitrogens with one attached hydrogen (secondary N) is 1. The Balaban J connectivity index is 2.07. The van der Waals surface area contributed by atoms with Crippen LogP contribution in [0.15, 0.2) is 18.3 Å². The Morgan fingerprint density at radius 2 is 2.28 bits per heavy atom. The Morgan fingerprint density at radius 1 is 1.50 bits per heavy atom. The van der Waals surface area contributed by atoms with Gasteiger partial charge in [-0.15, -0.1) is 0 Å². The fourth-order valence-corrected chi connectivity index (χ4v) is 2.55. The van der Waals surface area contributed by atoms with Gasteiger partial charge >= 0.3 is 0 Å². The van der Waals surface area contributed by atoms with Gasteiger partial charge < -0.3 is 14.8 Å². The van der Waals surface area contributed by atoms with Crippen molar-refractivity contribution >= 4 is 0 Å². The van der Waals surface area contributed by atoms with Gasteiger partial charge in [-0.1, -0.05) is 6.07 Å². The van der Waals surface area contributed by atoms with Crippen LogP contribution in [0.25, 0.3) is 0 Å². The predicted molar refractivity (Wildman–Crippen MR) is 70.7 cm³/mol. The fraction of sp³-hybridized carbons (Fsp3) is 0.643. The zero-order valence-electron chi connectivity index (χ0n) is 11.2. The van der Waals surface area contributed by atoms with Crippen LogP contribution < -0.4 is 10.1 Å². The normalized spacial score (nSPS) is 18.6.